The van der Waals surface area contributed by atoms with Gasteiger partial charge in [0.25, 0.3) is 0 Å². The van der Waals surface area contributed by atoms with E-state index in [2.05, 4.69) is 15.0 Å². The van der Waals surface area contributed by atoms with Crippen molar-refractivity contribution in [2.75, 3.05) is 20.2 Å². The van der Waals surface area contributed by atoms with E-state index >= 15 is 0 Å². The van der Waals surface area contributed by atoms with E-state index in [4.69, 9.17) is 4.74 Å². The number of benzene rings is 1. The molecule has 2 aliphatic heterocycles. The SMILES string of the molecule is COc1ncccc1CN1C[C@@H]2Cn3c(nn(Cc4ccc(C)cc4)c(=O)c3=O)[C@H]2C1. The Morgan fingerprint density at radius 3 is 2.61 bits per heavy atom. The van der Waals surface area contributed by atoms with Gasteiger partial charge in [-0.05, 0) is 18.6 Å². The lowest BCUT2D eigenvalue weighted by Crippen LogP contribution is -2.44. The monoisotopic (exact) mass is 419 g/mol. The highest BCUT2D eigenvalue weighted by Gasteiger charge is 2.42. The van der Waals surface area contributed by atoms with Crippen molar-refractivity contribution >= 4 is 0 Å². The fraction of sp³-hybridized carbons (Fsp3) is 0.391. The molecule has 0 spiro atoms. The maximum absolute atomic E-state index is 12.8. The van der Waals surface area contributed by atoms with Gasteiger partial charge in [-0.25, -0.2) is 9.67 Å². The Balaban J connectivity index is 1.40. The van der Waals surface area contributed by atoms with Gasteiger partial charge in [-0.2, -0.15) is 5.10 Å². The Morgan fingerprint density at radius 2 is 1.84 bits per heavy atom. The number of hydrogen-bond donors (Lipinski definition) is 0. The fourth-order valence-electron chi connectivity index (χ4n) is 4.75. The van der Waals surface area contributed by atoms with Crippen molar-refractivity contribution in [1.29, 1.82) is 0 Å². The number of methoxy groups -OCH3 is 1. The summed E-state index contributed by atoms with van der Waals surface area (Å²) in [6.07, 6.45) is 1.72. The van der Waals surface area contributed by atoms with Crippen LogP contribution in [0.25, 0.3) is 0 Å². The van der Waals surface area contributed by atoms with Crippen molar-refractivity contribution in [2.45, 2.75) is 32.5 Å². The third-order valence-corrected chi connectivity index (χ3v) is 6.32. The molecule has 2 atom stereocenters. The number of fused-ring (bicyclic) bond motifs is 3. The summed E-state index contributed by atoms with van der Waals surface area (Å²) in [5.41, 5.74) is 2.13. The minimum absolute atomic E-state index is 0.139. The van der Waals surface area contributed by atoms with Crippen LogP contribution in [-0.4, -0.2) is 44.4 Å². The summed E-state index contributed by atoms with van der Waals surface area (Å²) in [5.74, 6) is 1.78. The molecular weight excluding hydrogens is 394 g/mol. The molecular formula is C23H25N5O3. The van der Waals surface area contributed by atoms with Crippen LogP contribution in [-0.2, 0) is 19.6 Å². The molecule has 1 saturated heterocycles. The molecule has 5 rings (SSSR count). The number of hydrogen-bond acceptors (Lipinski definition) is 6. The lowest BCUT2D eigenvalue weighted by atomic mass is 10.00. The molecule has 0 bridgehead atoms. The Hall–Kier alpha value is -3.26. The summed E-state index contributed by atoms with van der Waals surface area (Å²) in [6.45, 7) is 5.24. The molecule has 0 aliphatic carbocycles. The second kappa shape index (κ2) is 7.77. The molecule has 2 aliphatic rings. The second-order valence-corrected chi connectivity index (χ2v) is 8.45. The minimum Gasteiger partial charge on any atom is -0.481 e. The van der Waals surface area contributed by atoms with E-state index in [1.165, 1.54) is 4.68 Å². The molecule has 0 unspecified atom stereocenters. The smallest absolute Gasteiger partial charge is 0.332 e. The van der Waals surface area contributed by atoms with Gasteiger partial charge in [0.1, 0.15) is 5.82 Å². The largest absolute Gasteiger partial charge is 0.481 e. The van der Waals surface area contributed by atoms with Gasteiger partial charge in [-0.3, -0.25) is 19.1 Å². The topological polar surface area (TPSA) is 82.2 Å². The zero-order valence-corrected chi connectivity index (χ0v) is 17.7. The summed E-state index contributed by atoms with van der Waals surface area (Å²) in [4.78, 5) is 32.0. The minimum atomic E-state index is -0.554. The van der Waals surface area contributed by atoms with E-state index in [0.717, 1.165) is 42.1 Å². The van der Waals surface area contributed by atoms with Gasteiger partial charge in [-0.1, -0.05) is 35.9 Å². The van der Waals surface area contributed by atoms with Gasteiger partial charge in [0, 0.05) is 49.8 Å². The summed E-state index contributed by atoms with van der Waals surface area (Å²) in [5, 5.41) is 4.65. The van der Waals surface area contributed by atoms with E-state index in [9.17, 15) is 9.59 Å². The predicted octanol–water partition coefficient (Wildman–Crippen LogP) is 1.39. The molecule has 160 valence electrons. The first-order chi connectivity index (χ1) is 15.0. The van der Waals surface area contributed by atoms with E-state index in [1.807, 2.05) is 43.3 Å². The van der Waals surface area contributed by atoms with Crippen molar-refractivity contribution in [3.63, 3.8) is 0 Å². The Bertz CT molecular complexity index is 1230. The van der Waals surface area contributed by atoms with Crippen LogP contribution in [0.4, 0.5) is 0 Å². The average Bonchev–Trinajstić information content (AvgIpc) is 3.32. The number of pyridine rings is 1. The standard InChI is InChI=1S/C23H25N5O3/c1-15-5-7-16(8-6-15)10-28-23(30)22(29)27-13-18-12-26(14-19(18)20(27)25-28)11-17-4-3-9-24-21(17)31-2/h3-9,18-19H,10-14H2,1-2H3/t18-,19+/m1/s1. The quantitative estimate of drug-likeness (QED) is 0.582. The Kier molecular flexibility index (Phi) is 4.94. The van der Waals surface area contributed by atoms with Crippen LogP contribution in [0.5, 0.6) is 5.88 Å². The molecule has 3 aromatic rings. The van der Waals surface area contributed by atoms with Crippen LogP contribution < -0.4 is 15.9 Å². The van der Waals surface area contributed by atoms with Gasteiger partial charge in [0.05, 0.1) is 13.7 Å². The molecule has 8 nitrogen and oxygen atoms in total. The molecule has 0 amide bonds. The van der Waals surface area contributed by atoms with E-state index < -0.39 is 11.1 Å². The van der Waals surface area contributed by atoms with Crippen LogP contribution in [0.3, 0.4) is 0 Å². The molecule has 8 heteroatoms. The lowest BCUT2D eigenvalue weighted by Gasteiger charge is -2.18. The number of likely N-dealkylation sites (tertiary alicyclic amines) is 1. The van der Waals surface area contributed by atoms with Crippen LogP contribution >= 0.6 is 0 Å². The number of ether oxygens (including phenoxy) is 1. The van der Waals surface area contributed by atoms with Crippen LogP contribution in [0.2, 0.25) is 0 Å². The van der Waals surface area contributed by atoms with E-state index in [0.29, 0.717) is 19.0 Å². The highest BCUT2D eigenvalue weighted by Crippen LogP contribution is 2.38. The summed E-state index contributed by atoms with van der Waals surface area (Å²) in [6, 6.07) is 11.9. The summed E-state index contributed by atoms with van der Waals surface area (Å²) in [7, 11) is 1.63. The fourth-order valence-corrected chi connectivity index (χ4v) is 4.75. The first-order valence-corrected chi connectivity index (χ1v) is 10.5. The predicted molar refractivity (Wildman–Crippen MR) is 115 cm³/mol. The molecule has 31 heavy (non-hydrogen) atoms. The molecule has 0 radical (unpaired) electrons. The third kappa shape index (κ3) is 3.57. The molecule has 1 aromatic carbocycles. The zero-order chi connectivity index (χ0) is 21.5. The molecule has 0 saturated carbocycles. The van der Waals surface area contributed by atoms with Gasteiger partial charge >= 0.3 is 11.1 Å². The number of aryl methyl sites for hydroxylation is 1. The van der Waals surface area contributed by atoms with Crippen molar-refractivity contribution in [3.8, 4) is 5.88 Å². The summed E-state index contributed by atoms with van der Waals surface area (Å²) < 4.78 is 8.30. The van der Waals surface area contributed by atoms with Crippen molar-refractivity contribution in [2.24, 2.45) is 5.92 Å². The van der Waals surface area contributed by atoms with Gasteiger partial charge < -0.3 is 4.74 Å². The van der Waals surface area contributed by atoms with Crippen LogP contribution in [0.1, 0.15) is 28.4 Å². The van der Waals surface area contributed by atoms with E-state index in [1.54, 1.807) is 17.9 Å². The lowest BCUT2D eigenvalue weighted by molar-refractivity contribution is 0.294. The summed E-state index contributed by atoms with van der Waals surface area (Å²) >= 11 is 0. The first-order valence-electron chi connectivity index (χ1n) is 10.5. The van der Waals surface area contributed by atoms with Crippen molar-refractivity contribution < 1.29 is 4.74 Å². The Morgan fingerprint density at radius 1 is 1.03 bits per heavy atom. The average molecular weight is 419 g/mol. The van der Waals surface area contributed by atoms with Crippen LogP contribution in [0.15, 0.2) is 52.2 Å². The zero-order valence-electron chi connectivity index (χ0n) is 17.7. The van der Waals surface area contributed by atoms with E-state index in [-0.39, 0.29) is 11.8 Å². The highest BCUT2D eigenvalue weighted by atomic mass is 16.5. The van der Waals surface area contributed by atoms with Gasteiger partial charge in [-0.15, -0.1) is 0 Å². The van der Waals surface area contributed by atoms with Crippen molar-refractivity contribution in [1.82, 2.24) is 24.2 Å². The molecule has 1 fully saturated rings. The normalized spacial score (nSPS) is 19.9. The van der Waals surface area contributed by atoms with Gasteiger partial charge in [0.2, 0.25) is 5.88 Å². The number of nitrogens with zero attached hydrogens (tertiary/aromatic N) is 5. The van der Waals surface area contributed by atoms with Crippen molar-refractivity contribution in [3.05, 3.63) is 85.8 Å². The maximum atomic E-state index is 12.8. The molecule has 0 N–H and O–H groups in total. The maximum Gasteiger partial charge on any atom is 0.332 e. The number of rotatable bonds is 5. The molecule has 4 heterocycles. The van der Waals surface area contributed by atoms with Crippen LogP contribution in [0, 0.1) is 12.8 Å². The molecule has 2 aromatic heterocycles. The Labute approximate surface area is 179 Å². The van der Waals surface area contributed by atoms with Gasteiger partial charge in [0.15, 0.2) is 0 Å². The number of aromatic nitrogens is 4. The third-order valence-electron chi connectivity index (χ3n) is 6.32. The highest BCUT2D eigenvalue weighted by molar-refractivity contribution is 5.26. The first kappa shape index (κ1) is 19.7. The second-order valence-electron chi connectivity index (χ2n) is 8.45.